The molecule has 2 aromatic rings. The minimum absolute atomic E-state index is 0.370. The van der Waals surface area contributed by atoms with Crippen LogP contribution in [0.4, 0.5) is 11.4 Å². The van der Waals surface area contributed by atoms with E-state index in [0.717, 1.165) is 5.69 Å². The van der Waals surface area contributed by atoms with Crippen molar-refractivity contribution in [2.24, 2.45) is 0 Å². The summed E-state index contributed by atoms with van der Waals surface area (Å²) in [6.45, 7) is -0.418. The van der Waals surface area contributed by atoms with Gasteiger partial charge in [-0.3, -0.25) is 9.59 Å². The van der Waals surface area contributed by atoms with E-state index in [1.54, 1.807) is 49.6 Å². The summed E-state index contributed by atoms with van der Waals surface area (Å²) in [5.41, 5.74) is 1.80. The second-order valence-corrected chi connectivity index (χ2v) is 5.06. The summed E-state index contributed by atoms with van der Waals surface area (Å²) in [4.78, 5) is 22.2. The fourth-order valence-corrected chi connectivity index (χ4v) is 2.07. The van der Waals surface area contributed by atoms with E-state index >= 15 is 0 Å². The number of hydrogen-bond acceptors (Lipinski definition) is 4. The predicted molar refractivity (Wildman–Crippen MR) is 87.7 cm³/mol. The number of halogens is 1. The molecule has 0 saturated heterocycles. The summed E-state index contributed by atoms with van der Waals surface area (Å²) in [5, 5.41) is 14.6. The van der Waals surface area contributed by atoms with Crippen LogP contribution in [-0.2, 0) is 4.79 Å². The first-order valence-electron chi connectivity index (χ1n) is 6.70. The van der Waals surface area contributed by atoms with Crippen LogP contribution in [0.1, 0.15) is 10.4 Å². The van der Waals surface area contributed by atoms with Crippen molar-refractivity contribution in [3.05, 3.63) is 53.1 Å². The van der Waals surface area contributed by atoms with Gasteiger partial charge in [-0.15, -0.1) is 0 Å². The average molecular weight is 335 g/mol. The lowest BCUT2D eigenvalue weighted by molar-refractivity contribution is -0.135. The summed E-state index contributed by atoms with van der Waals surface area (Å²) in [6, 6.07) is 11.8. The van der Waals surface area contributed by atoms with E-state index < -0.39 is 18.4 Å². The van der Waals surface area contributed by atoms with E-state index in [9.17, 15) is 9.59 Å². The van der Waals surface area contributed by atoms with Crippen molar-refractivity contribution >= 4 is 34.9 Å². The van der Waals surface area contributed by atoms with Gasteiger partial charge in [0.15, 0.2) is 0 Å². The topological polar surface area (TPSA) is 87.7 Å². The number of methoxy groups -OCH3 is 1. The Balaban J connectivity index is 2.10. The summed E-state index contributed by atoms with van der Waals surface area (Å²) in [7, 11) is 1.56. The zero-order valence-corrected chi connectivity index (χ0v) is 13.1. The van der Waals surface area contributed by atoms with Crippen LogP contribution in [0.25, 0.3) is 0 Å². The lowest BCUT2D eigenvalue weighted by atomic mass is 10.2. The number of carboxylic acids is 1. The summed E-state index contributed by atoms with van der Waals surface area (Å²) < 4.78 is 5.25. The average Bonchev–Trinajstić information content (AvgIpc) is 2.53. The predicted octanol–water partition coefficient (Wildman–Crippen LogP) is 2.91. The van der Waals surface area contributed by atoms with E-state index in [0.29, 0.717) is 22.0 Å². The molecule has 0 fully saturated rings. The molecule has 1 amide bonds. The Morgan fingerprint density at radius 2 is 1.87 bits per heavy atom. The van der Waals surface area contributed by atoms with Gasteiger partial charge in [0.1, 0.15) is 12.3 Å². The number of rotatable bonds is 6. The van der Waals surface area contributed by atoms with Crippen LogP contribution in [-0.4, -0.2) is 30.6 Å². The minimum Gasteiger partial charge on any atom is -0.495 e. The Kier molecular flexibility index (Phi) is 5.43. The maximum Gasteiger partial charge on any atom is 0.322 e. The third-order valence-corrected chi connectivity index (χ3v) is 3.22. The Morgan fingerprint density at radius 3 is 2.48 bits per heavy atom. The lowest BCUT2D eigenvalue weighted by Gasteiger charge is -2.12. The van der Waals surface area contributed by atoms with Crippen molar-refractivity contribution in [1.29, 1.82) is 0 Å². The smallest absolute Gasteiger partial charge is 0.322 e. The maximum atomic E-state index is 11.7. The first-order valence-corrected chi connectivity index (χ1v) is 7.08. The number of anilines is 2. The molecule has 0 saturated carbocycles. The number of benzene rings is 2. The highest BCUT2D eigenvalue weighted by Crippen LogP contribution is 2.30. The van der Waals surface area contributed by atoms with Crippen molar-refractivity contribution in [2.75, 3.05) is 19.0 Å². The maximum absolute atomic E-state index is 11.7. The molecule has 0 spiro atoms. The summed E-state index contributed by atoms with van der Waals surface area (Å²) >= 11 is 5.97. The van der Waals surface area contributed by atoms with Gasteiger partial charge in [0.25, 0.3) is 5.91 Å². The van der Waals surface area contributed by atoms with E-state index in [1.165, 1.54) is 0 Å². The molecular weight excluding hydrogens is 320 g/mol. The van der Waals surface area contributed by atoms with E-state index in [1.807, 2.05) is 0 Å². The highest BCUT2D eigenvalue weighted by atomic mass is 35.5. The number of hydrogen-bond donors (Lipinski definition) is 3. The molecule has 0 heterocycles. The number of carbonyl (C=O) groups is 2. The van der Waals surface area contributed by atoms with Crippen LogP contribution >= 0.6 is 11.6 Å². The quantitative estimate of drug-likeness (QED) is 0.756. The number of carboxylic acid groups (broad SMARTS) is 1. The summed E-state index contributed by atoms with van der Waals surface area (Å²) in [5.74, 6) is -0.901. The standard InChI is InChI=1S/C16H15ClN2O4/c1-23-14-7-4-11(17)8-13(14)19-12-5-2-10(3-6-12)16(22)18-9-15(20)21/h2-8,19H,9H2,1H3,(H,18,22)(H,20,21). The molecule has 0 unspecified atom stereocenters. The highest BCUT2D eigenvalue weighted by Gasteiger charge is 2.08. The third-order valence-electron chi connectivity index (χ3n) is 2.99. The first kappa shape index (κ1) is 16.6. The molecule has 3 N–H and O–H groups in total. The van der Waals surface area contributed by atoms with Gasteiger partial charge in [0.05, 0.1) is 12.8 Å². The van der Waals surface area contributed by atoms with Crippen LogP contribution < -0.4 is 15.4 Å². The van der Waals surface area contributed by atoms with Gasteiger partial charge >= 0.3 is 5.97 Å². The van der Waals surface area contributed by atoms with Gasteiger partial charge in [0, 0.05) is 16.3 Å². The van der Waals surface area contributed by atoms with Crippen molar-refractivity contribution in [2.45, 2.75) is 0 Å². The Hall–Kier alpha value is -2.73. The van der Waals surface area contributed by atoms with Crippen molar-refractivity contribution in [3.63, 3.8) is 0 Å². The molecule has 0 aromatic heterocycles. The molecule has 120 valence electrons. The van der Waals surface area contributed by atoms with Crippen molar-refractivity contribution in [1.82, 2.24) is 5.32 Å². The summed E-state index contributed by atoms with van der Waals surface area (Å²) in [6.07, 6.45) is 0. The molecule has 0 aliphatic rings. The molecule has 0 aliphatic carbocycles. The highest BCUT2D eigenvalue weighted by molar-refractivity contribution is 6.31. The lowest BCUT2D eigenvalue weighted by Crippen LogP contribution is -2.29. The van der Waals surface area contributed by atoms with Crippen LogP contribution in [0.5, 0.6) is 5.75 Å². The molecular formula is C16H15ClN2O4. The van der Waals surface area contributed by atoms with Gasteiger partial charge < -0.3 is 20.5 Å². The zero-order chi connectivity index (χ0) is 16.8. The van der Waals surface area contributed by atoms with E-state index in [2.05, 4.69) is 10.6 Å². The van der Waals surface area contributed by atoms with Gasteiger partial charge in [0.2, 0.25) is 0 Å². The van der Waals surface area contributed by atoms with Gasteiger partial charge in [-0.2, -0.15) is 0 Å². The van der Waals surface area contributed by atoms with Crippen LogP contribution in [0, 0.1) is 0 Å². The molecule has 0 radical (unpaired) electrons. The Bertz CT molecular complexity index is 717. The fourth-order valence-electron chi connectivity index (χ4n) is 1.90. The SMILES string of the molecule is COc1ccc(Cl)cc1Nc1ccc(C(=O)NCC(=O)O)cc1. The monoisotopic (exact) mass is 334 g/mol. The van der Waals surface area contributed by atoms with Gasteiger partial charge in [-0.1, -0.05) is 11.6 Å². The first-order chi connectivity index (χ1) is 11.0. The molecule has 7 heteroatoms. The number of ether oxygens (including phenoxy) is 1. The van der Waals surface area contributed by atoms with Crippen LogP contribution in [0.15, 0.2) is 42.5 Å². The minimum atomic E-state index is -1.09. The molecule has 0 bridgehead atoms. The van der Waals surface area contributed by atoms with Crippen LogP contribution in [0.3, 0.4) is 0 Å². The number of nitrogens with one attached hydrogen (secondary N) is 2. The molecule has 0 atom stereocenters. The number of carbonyl (C=O) groups excluding carboxylic acids is 1. The Labute approximate surface area is 138 Å². The third kappa shape index (κ3) is 4.62. The van der Waals surface area contributed by atoms with Crippen molar-refractivity contribution < 1.29 is 19.4 Å². The van der Waals surface area contributed by atoms with E-state index in [-0.39, 0.29) is 0 Å². The molecule has 2 aromatic carbocycles. The second kappa shape index (κ2) is 7.51. The number of aliphatic carboxylic acids is 1. The largest absolute Gasteiger partial charge is 0.495 e. The van der Waals surface area contributed by atoms with Crippen molar-refractivity contribution in [3.8, 4) is 5.75 Å². The molecule has 6 nitrogen and oxygen atoms in total. The second-order valence-electron chi connectivity index (χ2n) is 4.62. The zero-order valence-electron chi connectivity index (χ0n) is 12.3. The van der Waals surface area contributed by atoms with Gasteiger partial charge in [-0.05, 0) is 42.5 Å². The molecule has 0 aliphatic heterocycles. The number of amides is 1. The molecule has 23 heavy (non-hydrogen) atoms. The van der Waals surface area contributed by atoms with E-state index in [4.69, 9.17) is 21.4 Å². The fraction of sp³-hybridized carbons (Fsp3) is 0.125. The Morgan fingerprint density at radius 1 is 1.17 bits per heavy atom. The van der Waals surface area contributed by atoms with Crippen LogP contribution in [0.2, 0.25) is 5.02 Å². The van der Waals surface area contributed by atoms with Gasteiger partial charge in [-0.25, -0.2) is 0 Å². The normalized spacial score (nSPS) is 10.0. The molecule has 2 rings (SSSR count).